The summed E-state index contributed by atoms with van der Waals surface area (Å²) in [6.07, 6.45) is 4.36. The first-order valence-electron chi connectivity index (χ1n) is 7.27. The Labute approximate surface area is 116 Å². The highest BCUT2D eigenvalue weighted by atomic mass is 16.5. The van der Waals surface area contributed by atoms with Crippen molar-refractivity contribution in [1.29, 1.82) is 0 Å². The summed E-state index contributed by atoms with van der Waals surface area (Å²) >= 11 is 0. The summed E-state index contributed by atoms with van der Waals surface area (Å²) in [6.45, 7) is 6.87. The van der Waals surface area contributed by atoms with E-state index in [-0.39, 0.29) is 16.7 Å². The molecule has 1 aliphatic carbocycles. The number of hydrogen-bond donors (Lipinski definition) is 2. The van der Waals surface area contributed by atoms with E-state index in [9.17, 15) is 9.90 Å². The van der Waals surface area contributed by atoms with Gasteiger partial charge < -0.3 is 15.2 Å². The van der Waals surface area contributed by atoms with Crippen LogP contribution in [0, 0.1) is 10.8 Å². The van der Waals surface area contributed by atoms with Crippen LogP contribution in [0.2, 0.25) is 0 Å². The molecule has 1 fully saturated rings. The van der Waals surface area contributed by atoms with Gasteiger partial charge in [0, 0.05) is 20.3 Å². The van der Waals surface area contributed by atoms with E-state index in [1.807, 2.05) is 20.8 Å². The predicted molar refractivity (Wildman–Crippen MR) is 75.9 cm³/mol. The van der Waals surface area contributed by atoms with Gasteiger partial charge in [-0.15, -0.1) is 0 Å². The minimum Gasteiger partial charge on any atom is -0.391 e. The molecule has 1 unspecified atom stereocenters. The van der Waals surface area contributed by atoms with E-state index in [4.69, 9.17) is 4.74 Å². The second kappa shape index (κ2) is 6.71. The van der Waals surface area contributed by atoms with Crippen LogP contribution in [0.4, 0.5) is 0 Å². The topological polar surface area (TPSA) is 58.6 Å². The van der Waals surface area contributed by atoms with Crippen LogP contribution in [-0.2, 0) is 9.53 Å². The van der Waals surface area contributed by atoms with Gasteiger partial charge in [-0.05, 0) is 24.7 Å². The van der Waals surface area contributed by atoms with Gasteiger partial charge in [0.25, 0.3) is 0 Å². The molecule has 1 amide bonds. The van der Waals surface area contributed by atoms with Crippen molar-refractivity contribution in [2.24, 2.45) is 10.8 Å². The summed E-state index contributed by atoms with van der Waals surface area (Å²) in [6, 6.07) is 0. The average molecular weight is 271 g/mol. The van der Waals surface area contributed by atoms with Gasteiger partial charge in [0.2, 0.25) is 5.91 Å². The van der Waals surface area contributed by atoms with E-state index in [2.05, 4.69) is 5.32 Å². The molecule has 4 nitrogen and oxygen atoms in total. The first kappa shape index (κ1) is 16.4. The van der Waals surface area contributed by atoms with Gasteiger partial charge in [-0.2, -0.15) is 0 Å². The Morgan fingerprint density at radius 2 is 1.95 bits per heavy atom. The van der Waals surface area contributed by atoms with E-state index < -0.39 is 6.10 Å². The van der Waals surface area contributed by atoms with Gasteiger partial charge in [-0.25, -0.2) is 0 Å². The Hall–Kier alpha value is -0.610. The molecule has 0 bridgehead atoms. The molecule has 1 atom stereocenters. The SMILES string of the molecule is COCCC1(C(=O)NCC(O)C(C)(C)C)CCCC1. The molecule has 4 heteroatoms. The number of nitrogens with one attached hydrogen (secondary N) is 1. The summed E-state index contributed by atoms with van der Waals surface area (Å²) < 4.78 is 5.13. The van der Waals surface area contributed by atoms with Crippen molar-refractivity contribution in [1.82, 2.24) is 5.32 Å². The summed E-state index contributed by atoms with van der Waals surface area (Å²) in [7, 11) is 1.67. The van der Waals surface area contributed by atoms with E-state index in [1.165, 1.54) is 0 Å². The third-order valence-corrected chi connectivity index (χ3v) is 4.28. The fourth-order valence-electron chi connectivity index (χ4n) is 2.62. The van der Waals surface area contributed by atoms with Crippen molar-refractivity contribution in [2.75, 3.05) is 20.3 Å². The van der Waals surface area contributed by atoms with E-state index in [0.29, 0.717) is 13.2 Å². The van der Waals surface area contributed by atoms with Crippen molar-refractivity contribution in [3.05, 3.63) is 0 Å². The van der Waals surface area contributed by atoms with Crippen LogP contribution in [0.1, 0.15) is 52.9 Å². The molecule has 0 heterocycles. The molecule has 0 spiro atoms. The highest BCUT2D eigenvalue weighted by Crippen LogP contribution is 2.41. The summed E-state index contributed by atoms with van der Waals surface area (Å²) in [4.78, 5) is 12.4. The molecule has 0 aliphatic heterocycles. The number of aliphatic hydroxyl groups is 1. The van der Waals surface area contributed by atoms with Crippen molar-refractivity contribution >= 4 is 5.91 Å². The smallest absolute Gasteiger partial charge is 0.226 e. The van der Waals surface area contributed by atoms with Crippen LogP contribution in [0.15, 0.2) is 0 Å². The summed E-state index contributed by atoms with van der Waals surface area (Å²) in [5, 5.41) is 12.9. The van der Waals surface area contributed by atoms with Crippen LogP contribution < -0.4 is 5.32 Å². The molecule has 1 aliphatic rings. The number of ether oxygens (including phenoxy) is 1. The van der Waals surface area contributed by atoms with Crippen LogP contribution >= 0.6 is 0 Å². The first-order valence-corrected chi connectivity index (χ1v) is 7.27. The number of amides is 1. The average Bonchev–Trinajstić information content (AvgIpc) is 2.81. The molecule has 112 valence electrons. The first-order chi connectivity index (χ1) is 8.82. The zero-order chi connectivity index (χ0) is 14.5. The third-order valence-electron chi connectivity index (χ3n) is 4.28. The Morgan fingerprint density at radius 1 is 1.37 bits per heavy atom. The maximum atomic E-state index is 12.4. The predicted octanol–water partition coefficient (Wildman–Crippen LogP) is 2.11. The Balaban J connectivity index is 2.54. The maximum absolute atomic E-state index is 12.4. The number of methoxy groups -OCH3 is 1. The zero-order valence-electron chi connectivity index (χ0n) is 12.8. The second-order valence-corrected chi connectivity index (χ2v) is 6.82. The molecule has 0 radical (unpaired) electrons. The standard InChI is InChI=1S/C15H29NO3/c1-14(2,3)12(17)11-16-13(18)15(9-10-19-4)7-5-6-8-15/h12,17H,5-11H2,1-4H3,(H,16,18). The van der Waals surface area contributed by atoms with E-state index in [1.54, 1.807) is 7.11 Å². The summed E-state index contributed by atoms with van der Waals surface area (Å²) in [5.74, 6) is 0.0883. The number of aliphatic hydroxyl groups excluding tert-OH is 1. The van der Waals surface area contributed by atoms with Gasteiger partial charge in [0.15, 0.2) is 0 Å². The molecule has 2 N–H and O–H groups in total. The van der Waals surface area contributed by atoms with Crippen LogP contribution in [0.3, 0.4) is 0 Å². The quantitative estimate of drug-likeness (QED) is 0.778. The Kier molecular flexibility index (Phi) is 5.81. The molecule has 1 saturated carbocycles. The highest BCUT2D eigenvalue weighted by Gasteiger charge is 2.40. The van der Waals surface area contributed by atoms with Crippen LogP contribution in [-0.4, -0.2) is 37.4 Å². The van der Waals surface area contributed by atoms with Gasteiger partial charge in [-0.1, -0.05) is 33.6 Å². The fourth-order valence-corrected chi connectivity index (χ4v) is 2.62. The lowest BCUT2D eigenvalue weighted by molar-refractivity contribution is -0.132. The van der Waals surface area contributed by atoms with Crippen LogP contribution in [0.25, 0.3) is 0 Å². The Bertz CT molecular complexity index is 290. The second-order valence-electron chi connectivity index (χ2n) is 6.82. The molecule has 1 rings (SSSR count). The van der Waals surface area contributed by atoms with Gasteiger partial charge in [-0.3, -0.25) is 4.79 Å². The fraction of sp³-hybridized carbons (Fsp3) is 0.933. The van der Waals surface area contributed by atoms with Gasteiger partial charge in [0.05, 0.1) is 11.5 Å². The molecule has 0 aromatic heterocycles. The molecular formula is C15H29NO3. The molecule has 0 saturated heterocycles. The lowest BCUT2D eigenvalue weighted by Crippen LogP contribution is -2.45. The van der Waals surface area contributed by atoms with E-state index in [0.717, 1.165) is 32.1 Å². The normalized spacial score (nSPS) is 20.3. The number of hydrogen-bond acceptors (Lipinski definition) is 3. The monoisotopic (exact) mass is 271 g/mol. The van der Waals surface area contributed by atoms with Crippen LogP contribution in [0.5, 0.6) is 0 Å². The van der Waals surface area contributed by atoms with Crippen molar-refractivity contribution in [3.63, 3.8) is 0 Å². The third kappa shape index (κ3) is 4.46. The van der Waals surface area contributed by atoms with Gasteiger partial charge in [0.1, 0.15) is 0 Å². The Morgan fingerprint density at radius 3 is 2.42 bits per heavy atom. The minimum absolute atomic E-state index is 0.0883. The maximum Gasteiger partial charge on any atom is 0.226 e. The largest absolute Gasteiger partial charge is 0.391 e. The lowest BCUT2D eigenvalue weighted by Gasteiger charge is -2.30. The van der Waals surface area contributed by atoms with Crippen molar-refractivity contribution in [2.45, 2.75) is 59.0 Å². The number of rotatable bonds is 6. The number of carbonyl (C=O) groups is 1. The minimum atomic E-state index is -0.516. The summed E-state index contributed by atoms with van der Waals surface area (Å²) in [5.41, 5.74) is -0.476. The molecular weight excluding hydrogens is 242 g/mol. The molecule has 0 aromatic rings. The highest BCUT2D eigenvalue weighted by molar-refractivity contribution is 5.82. The lowest BCUT2D eigenvalue weighted by atomic mass is 9.81. The van der Waals surface area contributed by atoms with E-state index >= 15 is 0 Å². The van der Waals surface area contributed by atoms with Gasteiger partial charge >= 0.3 is 0 Å². The zero-order valence-corrected chi connectivity index (χ0v) is 12.8. The van der Waals surface area contributed by atoms with Crippen molar-refractivity contribution in [3.8, 4) is 0 Å². The molecule has 0 aromatic carbocycles. The van der Waals surface area contributed by atoms with Crippen molar-refractivity contribution < 1.29 is 14.6 Å². The molecule has 19 heavy (non-hydrogen) atoms. The number of carbonyl (C=O) groups excluding carboxylic acids is 1.